The third kappa shape index (κ3) is 8.87. The molecule has 0 aliphatic rings. The monoisotopic (exact) mass is 647 g/mol. The van der Waals surface area contributed by atoms with E-state index in [1.807, 2.05) is 13.0 Å². The highest BCUT2D eigenvalue weighted by atomic mass is 35.5. The van der Waals surface area contributed by atoms with Gasteiger partial charge in [-0.15, -0.1) is 11.8 Å². The molecule has 232 valence electrons. The highest BCUT2D eigenvalue weighted by molar-refractivity contribution is 8.00. The molecule has 0 aliphatic heterocycles. The van der Waals surface area contributed by atoms with E-state index in [0.717, 1.165) is 4.90 Å². The molecule has 0 fully saturated rings. The highest BCUT2D eigenvalue weighted by Gasteiger charge is 2.20. The van der Waals surface area contributed by atoms with Gasteiger partial charge in [-0.05, 0) is 67.1 Å². The summed E-state index contributed by atoms with van der Waals surface area (Å²) in [5.74, 6) is -1.05. The first kappa shape index (κ1) is 33.1. The lowest BCUT2D eigenvalue weighted by Gasteiger charge is -2.16. The van der Waals surface area contributed by atoms with Gasteiger partial charge in [0.05, 0.1) is 24.5 Å². The standard InChI is InChI=1S/C34H31ClFN3O5S/c1-4-30(34(42)38-24-16-17-27(36)26(35)20-24)45-25-14-9-13-23(19-25)37-33(41)28(39-32(40)21-10-6-5-7-11-21)18-22-12-8-15-29(43-2)31(22)44-3/h5-20,30H,4H2,1-3H3,(H,37,41)(H,38,42)(H,39,40)/b28-18+. The van der Waals surface area contributed by atoms with Gasteiger partial charge < -0.3 is 25.4 Å². The maximum absolute atomic E-state index is 13.6. The third-order valence-corrected chi connectivity index (χ3v) is 8.13. The van der Waals surface area contributed by atoms with E-state index in [1.54, 1.807) is 66.7 Å². The van der Waals surface area contributed by atoms with Crippen LogP contribution < -0.4 is 25.4 Å². The number of amides is 3. The summed E-state index contributed by atoms with van der Waals surface area (Å²) in [5, 5.41) is 7.75. The van der Waals surface area contributed by atoms with Crippen molar-refractivity contribution in [1.82, 2.24) is 5.32 Å². The van der Waals surface area contributed by atoms with E-state index in [2.05, 4.69) is 16.0 Å². The molecule has 1 atom stereocenters. The molecule has 8 nitrogen and oxygen atoms in total. The molecule has 0 radical (unpaired) electrons. The maximum atomic E-state index is 13.6. The van der Waals surface area contributed by atoms with Crippen LogP contribution in [0, 0.1) is 5.82 Å². The van der Waals surface area contributed by atoms with E-state index >= 15 is 0 Å². The van der Waals surface area contributed by atoms with Crippen LogP contribution in [0.5, 0.6) is 11.5 Å². The zero-order chi connectivity index (χ0) is 32.3. The number of benzene rings is 4. The van der Waals surface area contributed by atoms with E-state index < -0.39 is 22.9 Å². The second-order valence-corrected chi connectivity index (χ2v) is 11.3. The lowest BCUT2D eigenvalue weighted by Crippen LogP contribution is -2.30. The Hall–Kier alpha value is -4.80. The summed E-state index contributed by atoms with van der Waals surface area (Å²) in [6.07, 6.45) is 2.01. The fourth-order valence-electron chi connectivity index (χ4n) is 4.25. The van der Waals surface area contributed by atoms with Crippen molar-refractivity contribution in [3.63, 3.8) is 0 Å². The molecule has 4 rings (SSSR count). The number of nitrogens with one attached hydrogen (secondary N) is 3. The first-order valence-corrected chi connectivity index (χ1v) is 15.1. The first-order valence-electron chi connectivity index (χ1n) is 13.9. The molecule has 0 spiro atoms. The molecule has 3 N–H and O–H groups in total. The zero-order valence-electron chi connectivity index (χ0n) is 24.7. The summed E-state index contributed by atoms with van der Waals surface area (Å²) in [6, 6.07) is 24.7. The molecule has 45 heavy (non-hydrogen) atoms. The summed E-state index contributed by atoms with van der Waals surface area (Å²) in [6.45, 7) is 1.87. The molecule has 0 saturated heterocycles. The second-order valence-electron chi connectivity index (χ2n) is 9.58. The van der Waals surface area contributed by atoms with Crippen LogP contribution in [-0.2, 0) is 9.59 Å². The van der Waals surface area contributed by atoms with E-state index in [-0.39, 0.29) is 16.6 Å². The van der Waals surface area contributed by atoms with Crippen molar-refractivity contribution in [2.75, 3.05) is 24.9 Å². The summed E-state index contributed by atoms with van der Waals surface area (Å²) in [7, 11) is 2.99. The van der Waals surface area contributed by atoms with Crippen LogP contribution in [0.4, 0.5) is 15.8 Å². The van der Waals surface area contributed by atoms with Gasteiger partial charge in [0.2, 0.25) is 5.91 Å². The number of methoxy groups -OCH3 is 2. The predicted octanol–water partition coefficient (Wildman–Crippen LogP) is 7.42. The van der Waals surface area contributed by atoms with Crippen molar-refractivity contribution in [1.29, 1.82) is 0 Å². The van der Waals surface area contributed by atoms with Gasteiger partial charge >= 0.3 is 0 Å². The molecule has 4 aromatic carbocycles. The molecule has 0 aliphatic carbocycles. The molecular formula is C34H31ClFN3O5S. The summed E-state index contributed by atoms with van der Waals surface area (Å²) in [5.41, 5.74) is 1.69. The Bertz CT molecular complexity index is 1720. The van der Waals surface area contributed by atoms with Crippen molar-refractivity contribution >= 4 is 58.5 Å². The minimum absolute atomic E-state index is 0.0303. The minimum atomic E-state index is -0.579. The molecule has 0 saturated carbocycles. The number of ether oxygens (including phenoxy) is 2. The van der Waals surface area contributed by atoms with Crippen molar-refractivity contribution in [3.05, 3.63) is 119 Å². The quantitative estimate of drug-likeness (QED) is 0.109. The molecule has 1 unspecified atom stereocenters. The number of carbonyl (C=O) groups excluding carboxylic acids is 3. The highest BCUT2D eigenvalue weighted by Crippen LogP contribution is 2.33. The zero-order valence-corrected chi connectivity index (χ0v) is 26.3. The maximum Gasteiger partial charge on any atom is 0.272 e. The Morgan fingerprint density at radius 3 is 2.31 bits per heavy atom. The molecule has 3 amide bonds. The minimum Gasteiger partial charge on any atom is -0.493 e. The Balaban J connectivity index is 1.55. The average Bonchev–Trinajstić information content (AvgIpc) is 3.05. The molecule has 0 aromatic heterocycles. The van der Waals surface area contributed by atoms with Crippen LogP contribution in [-0.4, -0.2) is 37.2 Å². The second kappa shape index (κ2) is 15.8. The van der Waals surface area contributed by atoms with Gasteiger partial charge in [0.25, 0.3) is 11.8 Å². The lowest BCUT2D eigenvalue weighted by molar-refractivity contribution is -0.116. The van der Waals surface area contributed by atoms with E-state index in [0.29, 0.717) is 40.4 Å². The first-order chi connectivity index (χ1) is 21.7. The Labute approximate surface area is 270 Å². The van der Waals surface area contributed by atoms with Gasteiger partial charge in [-0.1, -0.05) is 54.9 Å². The molecular weight excluding hydrogens is 617 g/mol. The van der Waals surface area contributed by atoms with Gasteiger partial charge in [-0.25, -0.2) is 4.39 Å². The van der Waals surface area contributed by atoms with Crippen molar-refractivity contribution < 1.29 is 28.2 Å². The topological polar surface area (TPSA) is 106 Å². The van der Waals surface area contributed by atoms with E-state index in [1.165, 1.54) is 50.3 Å². The largest absolute Gasteiger partial charge is 0.493 e. The van der Waals surface area contributed by atoms with Gasteiger partial charge in [0, 0.05) is 27.4 Å². The fraction of sp³-hybridized carbons (Fsp3) is 0.147. The number of rotatable bonds is 12. The van der Waals surface area contributed by atoms with Crippen molar-refractivity contribution in [3.8, 4) is 11.5 Å². The van der Waals surface area contributed by atoms with Gasteiger partial charge in [0.1, 0.15) is 11.5 Å². The lowest BCUT2D eigenvalue weighted by atomic mass is 10.1. The smallest absolute Gasteiger partial charge is 0.272 e. The van der Waals surface area contributed by atoms with Crippen LogP contribution in [0.1, 0.15) is 29.3 Å². The Morgan fingerprint density at radius 1 is 0.889 bits per heavy atom. The van der Waals surface area contributed by atoms with Crippen LogP contribution >= 0.6 is 23.4 Å². The number of halogens is 2. The van der Waals surface area contributed by atoms with Crippen LogP contribution in [0.25, 0.3) is 6.08 Å². The predicted molar refractivity (Wildman–Crippen MR) is 176 cm³/mol. The number of hydrogen-bond donors (Lipinski definition) is 3. The molecule has 4 aromatic rings. The summed E-state index contributed by atoms with van der Waals surface area (Å²) in [4.78, 5) is 40.4. The van der Waals surface area contributed by atoms with Crippen molar-refractivity contribution in [2.45, 2.75) is 23.5 Å². The fourth-order valence-corrected chi connectivity index (χ4v) is 5.45. The SMILES string of the molecule is CCC(Sc1cccc(NC(=O)/C(=C\c2cccc(OC)c2OC)NC(=O)c2ccccc2)c1)C(=O)Nc1ccc(F)c(Cl)c1. The Kier molecular flexibility index (Phi) is 11.6. The average molecular weight is 648 g/mol. The van der Waals surface area contributed by atoms with Crippen LogP contribution in [0.15, 0.2) is 102 Å². The third-order valence-electron chi connectivity index (χ3n) is 6.48. The van der Waals surface area contributed by atoms with Gasteiger partial charge in [-0.2, -0.15) is 0 Å². The normalized spacial score (nSPS) is 11.7. The van der Waals surface area contributed by atoms with Crippen molar-refractivity contribution in [2.24, 2.45) is 0 Å². The summed E-state index contributed by atoms with van der Waals surface area (Å²) >= 11 is 7.16. The molecule has 0 heterocycles. The summed E-state index contributed by atoms with van der Waals surface area (Å²) < 4.78 is 24.4. The van der Waals surface area contributed by atoms with Crippen LogP contribution in [0.2, 0.25) is 5.02 Å². The number of hydrogen-bond acceptors (Lipinski definition) is 6. The Morgan fingerprint density at radius 2 is 1.62 bits per heavy atom. The molecule has 11 heteroatoms. The number of anilines is 2. The van der Waals surface area contributed by atoms with Crippen LogP contribution in [0.3, 0.4) is 0 Å². The van der Waals surface area contributed by atoms with Gasteiger partial charge in [-0.3, -0.25) is 14.4 Å². The molecule has 0 bridgehead atoms. The van der Waals surface area contributed by atoms with E-state index in [9.17, 15) is 18.8 Å². The number of thioether (sulfide) groups is 1. The number of para-hydroxylation sites is 1. The van der Waals surface area contributed by atoms with Gasteiger partial charge in [0.15, 0.2) is 11.5 Å². The number of carbonyl (C=O) groups is 3. The van der Waals surface area contributed by atoms with E-state index in [4.69, 9.17) is 21.1 Å².